The Morgan fingerprint density at radius 2 is 1.76 bits per heavy atom. The van der Waals surface area contributed by atoms with Crippen molar-refractivity contribution in [3.8, 4) is 17.1 Å². The third kappa shape index (κ3) is 4.46. The highest BCUT2D eigenvalue weighted by Crippen LogP contribution is 2.25. The van der Waals surface area contributed by atoms with Crippen LogP contribution in [0, 0.1) is 0 Å². The maximum absolute atomic E-state index is 12.0. The summed E-state index contributed by atoms with van der Waals surface area (Å²) in [4.78, 5) is 19.9. The number of rotatable bonds is 6. The number of carbonyl (C=O) groups excluding carboxylic acids is 1. The van der Waals surface area contributed by atoms with Gasteiger partial charge in [-0.2, -0.15) is 0 Å². The number of aromatic amines is 1. The fraction of sp³-hybridized carbons (Fsp3) is 0.167. The number of carbonyl (C=O) groups is 1. The summed E-state index contributed by atoms with van der Waals surface area (Å²) in [6.45, 7) is 4.18. The van der Waals surface area contributed by atoms with Crippen LogP contribution in [0.5, 0.6) is 5.75 Å². The van der Waals surface area contributed by atoms with E-state index in [1.807, 2.05) is 74.5 Å². The predicted octanol–water partition coefficient (Wildman–Crippen LogP) is 5.37. The molecule has 29 heavy (non-hydrogen) atoms. The average molecular weight is 386 g/mol. The van der Waals surface area contributed by atoms with Gasteiger partial charge in [0.05, 0.1) is 22.7 Å². The standard InChI is InChI=1S/C24H22N2O3/c1-16(2)29-24(27)19-10-8-18(9-11-19)23-25-21-13-12-20(14-22(21)26-23)28-15-17-6-4-3-5-7-17/h3-14,16H,15H2,1-2H3,(H,25,26). The molecule has 5 nitrogen and oxygen atoms in total. The topological polar surface area (TPSA) is 64.2 Å². The molecule has 0 saturated heterocycles. The summed E-state index contributed by atoms with van der Waals surface area (Å²) in [5.41, 5.74) is 4.29. The van der Waals surface area contributed by atoms with Crippen LogP contribution in [0.4, 0.5) is 0 Å². The van der Waals surface area contributed by atoms with Crippen LogP contribution in [0.1, 0.15) is 29.8 Å². The van der Waals surface area contributed by atoms with E-state index in [-0.39, 0.29) is 12.1 Å². The van der Waals surface area contributed by atoms with Crippen LogP contribution >= 0.6 is 0 Å². The van der Waals surface area contributed by atoms with Gasteiger partial charge in [-0.05, 0) is 43.7 Å². The average Bonchev–Trinajstić information content (AvgIpc) is 3.16. The molecule has 0 aliphatic carbocycles. The van der Waals surface area contributed by atoms with Crippen LogP contribution in [-0.2, 0) is 11.3 Å². The zero-order chi connectivity index (χ0) is 20.2. The van der Waals surface area contributed by atoms with Gasteiger partial charge in [0, 0.05) is 11.6 Å². The summed E-state index contributed by atoms with van der Waals surface area (Å²) >= 11 is 0. The second-order valence-electron chi connectivity index (χ2n) is 7.07. The largest absolute Gasteiger partial charge is 0.489 e. The zero-order valence-corrected chi connectivity index (χ0v) is 16.4. The molecular weight excluding hydrogens is 364 g/mol. The number of fused-ring (bicyclic) bond motifs is 1. The Kier molecular flexibility index (Phi) is 5.29. The third-order valence-electron chi connectivity index (χ3n) is 4.44. The van der Waals surface area contributed by atoms with Gasteiger partial charge < -0.3 is 14.5 Å². The Hall–Kier alpha value is -3.60. The van der Waals surface area contributed by atoms with Gasteiger partial charge in [0.1, 0.15) is 18.2 Å². The van der Waals surface area contributed by atoms with E-state index in [0.717, 1.165) is 33.7 Å². The summed E-state index contributed by atoms with van der Waals surface area (Å²) in [6, 6.07) is 23.1. The molecule has 0 unspecified atom stereocenters. The Labute approximate surface area is 169 Å². The lowest BCUT2D eigenvalue weighted by Gasteiger charge is -2.07. The lowest BCUT2D eigenvalue weighted by atomic mass is 10.1. The molecule has 146 valence electrons. The van der Waals surface area contributed by atoms with Crippen LogP contribution in [0.25, 0.3) is 22.4 Å². The van der Waals surface area contributed by atoms with Gasteiger partial charge in [-0.15, -0.1) is 0 Å². The fourth-order valence-corrected chi connectivity index (χ4v) is 3.00. The molecule has 0 atom stereocenters. The number of H-pyrrole nitrogens is 1. The quantitative estimate of drug-likeness (QED) is 0.452. The highest BCUT2D eigenvalue weighted by atomic mass is 16.5. The number of ether oxygens (including phenoxy) is 2. The number of hydrogen-bond acceptors (Lipinski definition) is 4. The van der Waals surface area contributed by atoms with E-state index >= 15 is 0 Å². The Balaban J connectivity index is 1.50. The summed E-state index contributed by atoms with van der Waals surface area (Å²) in [5, 5.41) is 0. The number of imidazole rings is 1. The van der Waals surface area contributed by atoms with Gasteiger partial charge in [0.2, 0.25) is 0 Å². The van der Waals surface area contributed by atoms with Crippen LogP contribution < -0.4 is 4.74 Å². The molecule has 1 heterocycles. The molecule has 0 fully saturated rings. The molecule has 0 radical (unpaired) electrons. The summed E-state index contributed by atoms with van der Waals surface area (Å²) in [5.74, 6) is 1.20. The second-order valence-corrected chi connectivity index (χ2v) is 7.07. The van der Waals surface area contributed by atoms with E-state index in [1.165, 1.54) is 0 Å². The zero-order valence-electron chi connectivity index (χ0n) is 16.4. The third-order valence-corrected chi connectivity index (χ3v) is 4.44. The minimum Gasteiger partial charge on any atom is -0.489 e. The first kappa shape index (κ1) is 18.7. The van der Waals surface area contributed by atoms with E-state index in [1.54, 1.807) is 12.1 Å². The number of aromatic nitrogens is 2. The minimum absolute atomic E-state index is 0.143. The molecule has 0 aliphatic rings. The molecule has 1 aromatic heterocycles. The summed E-state index contributed by atoms with van der Waals surface area (Å²) < 4.78 is 11.1. The van der Waals surface area contributed by atoms with Crippen LogP contribution in [-0.4, -0.2) is 22.0 Å². The first-order valence-corrected chi connectivity index (χ1v) is 9.56. The molecule has 1 N–H and O–H groups in total. The van der Waals surface area contributed by atoms with Crippen molar-refractivity contribution in [3.05, 3.63) is 83.9 Å². The molecule has 0 amide bonds. The summed E-state index contributed by atoms with van der Waals surface area (Å²) in [6.07, 6.45) is -0.143. The molecule has 5 heteroatoms. The SMILES string of the molecule is CC(C)OC(=O)c1ccc(-c2nc3ccc(OCc4ccccc4)cc3[nH]2)cc1. The predicted molar refractivity (Wildman–Crippen MR) is 113 cm³/mol. The van der Waals surface area contributed by atoms with Crippen LogP contribution in [0.2, 0.25) is 0 Å². The van der Waals surface area contributed by atoms with E-state index in [0.29, 0.717) is 12.2 Å². The number of nitrogens with one attached hydrogen (secondary N) is 1. The lowest BCUT2D eigenvalue weighted by Crippen LogP contribution is -2.11. The van der Waals surface area contributed by atoms with Crippen molar-refractivity contribution in [1.29, 1.82) is 0 Å². The molecule has 4 aromatic rings. The van der Waals surface area contributed by atoms with Gasteiger partial charge in [-0.25, -0.2) is 9.78 Å². The lowest BCUT2D eigenvalue weighted by molar-refractivity contribution is 0.0378. The molecule has 4 rings (SSSR count). The van der Waals surface area contributed by atoms with Crippen LogP contribution in [0.3, 0.4) is 0 Å². The Morgan fingerprint density at radius 1 is 1.00 bits per heavy atom. The van der Waals surface area contributed by atoms with Gasteiger partial charge in [-0.1, -0.05) is 42.5 Å². The van der Waals surface area contributed by atoms with E-state index in [9.17, 15) is 4.79 Å². The maximum atomic E-state index is 12.0. The van der Waals surface area contributed by atoms with Crippen molar-refractivity contribution in [2.45, 2.75) is 26.6 Å². The first-order valence-electron chi connectivity index (χ1n) is 9.56. The van der Waals surface area contributed by atoms with Crippen molar-refractivity contribution >= 4 is 17.0 Å². The monoisotopic (exact) mass is 386 g/mol. The second kappa shape index (κ2) is 8.19. The minimum atomic E-state index is -0.323. The summed E-state index contributed by atoms with van der Waals surface area (Å²) in [7, 11) is 0. The maximum Gasteiger partial charge on any atom is 0.338 e. The van der Waals surface area contributed by atoms with E-state index < -0.39 is 0 Å². The first-order chi connectivity index (χ1) is 14.1. The Bertz CT molecular complexity index is 1120. The molecule has 0 saturated carbocycles. The molecule has 0 bridgehead atoms. The van der Waals surface area contributed by atoms with E-state index in [2.05, 4.69) is 9.97 Å². The van der Waals surface area contributed by atoms with Gasteiger partial charge >= 0.3 is 5.97 Å². The highest BCUT2D eigenvalue weighted by molar-refractivity contribution is 5.90. The molecule has 0 aliphatic heterocycles. The Morgan fingerprint density at radius 3 is 2.48 bits per heavy atom. The number of hydrogen-bond donors (Lipinski definition) is 1. The van der Waals surface area contributed by atoms with Gasteiger partial charge in [-0.3, -0.25) is 0 Å². The van der Waals surface area contributed by atoms with Gasteiger partial charge in [0.15, 0.2) is 0 Å². The number of benzene rings is 3. The smallest absolute Gasteiger partial charge is 0.338 e. The van der Waals surface area contributed by atoms with Crippen molar-refractivity contribution in [2.75, 3.05) is 0 Å². The number of nitrogens with zero attached hydrogens (tertiary/aromatic N) is 1. The van der Waals surface area contributed by atoms with Crippen molar-refractivity contribution in [3.63, 3.8) is 0 Å². The van der Waals surface area contributed by atoms with Gasteiger partial charge in [0.25, 0.3) is 0 Å². The molecule has 0 spiro atoms. The van der Waals surface area contributed by atoms with Crippen molar-refractivity contribution in [1.82, 2.24) is 9.97 Å². The normalized spacial score (nSPS) is 11.0. The van der Waals surface area contributed by atoms with E-state index in [4.69, 9.17) is 9.47 Å². The van der Waals surface area contributed by atoms with Crippen LogP contribution in [0.15, 0.2) is 72.8 Å². The molecule has 3 aromatic carbocycles. The molecular formula is C24H22N2O3. The highest BCUT2D eigenvalue weighted by Gasteiger charge is 2.11. The number of esters is 1. The van der Waals surface area contributed by atoms with Crippen molar-refractivity contribution in [2.24, 2.45) is 0 Å². The fourth-order valence-electron chi connectivity index (χ4n) is 3.00. The van der Waals surface area contributed by atoms with Crippen molar-refractivity contribution < 1.29 is 14.3 Å².